The van der Waals surface area contributed by atoms with Gasteiger partial charge in [0.2, 0.25) is 0 Å². The van der Waals surface area contributed by atoms with Gasteiger partial charge >= 0.3 is 0 Å². The van der Waals surface area contributed by atoms with E-state index in [1.807, 2.05) is 0 Å². The molecule has 0 unspecified atom stereocenters. The molecular weight excluding hydrogens is 174 g/mol. The van der Waals surface area contributed by atoms with Crippen LogP contribution in [0.3, 0.4) is 0 Å². The van der Waals surface area contributed by atoms with Crippen LogP contribution in [0.5, 0.6) is 0 Å². The van der Waals surface area contributed by atoms with Gasteiger partial charge in [-0.3, -0.25) is 4.90 Å². The number of rotatable bonds is 6. The smallest absolute Gasteiger partial charge is 0.133 e. The van der Waals surface area contributed by atoms with E-state index in [0.29, 0.717) is 12.6 Å². The molecular formula is C12H23NO. The first-order chi connectivity index (χ1) is 6.74. The van der Waals surface area contributed by atoms with Crippen molar-refractivity contribution < 1.29 is 4.79 Å². The number of hydrogen-bond donors (Lipinski definition) is 0. The molecule has 82 valence electrons. The molecule has 0 amide bonds. The largest absolute Gasteiger partial charge is 0.302 e. The molecule has 0 saturated heterocycles. The zero-order chi connectivity index (χ0) is 10.4. The van der Waals surface area contributed by atoms with Gasteiger partial charge in [0.1, 0.15) is 6.29 Å². The van der Waals surface area contributed by atoms with Crippen LogP contribution in [0.15, 0.2) is 0 Å². The lowest BCUT2D eigenvalue weighted by Gasteiger charge is -2.27. The molecule has 2 heteroatoms. The lowest BCUT2D eigenvalue weighted by atomic mass is 10.1. The summed E-state index contributed by atoms with van der Waals surface area (Å²) in [5, 5.41) is 0. The summed E-state index contributed by atoms with van der Waals surface area (Å²) in [5.41, 5.74) is 0. The van der Waals surface area contributed by atoms with Gasteiger partial charge in [-0.15, -0.1) is 0 Å². The third kappa shape index (κ3) is 3.79. The summed E-state index contributed by atoms with van der Waals surface area (Å²) in [6.07, 6.45) is 7.56. The number of carbonyl (C=O) groups excluding carboxylic acids is 1. The molecule has 0 radical (unpaired) electrons. The molecule has 1 aliphatic rings. The summed E-state index contributed by atoms with van der Waals surface area (Å²) in [7, 11) is 0. The van der Waals surface area contributed by atoms with Crippen LogP contribution in [0.2, 0.25) is 0 Å². The first kappa shape index (κ1) is 11.7. The van der Waals surface area contributed by atoms with E-state index in [0.717, 1.165) is 18.7 Å². The van der Waals surface area contributed by atoms with E-state index in [-0.39, 0.29) is 0 Å². The van der Waals surface area contributed by atoms with E-state index in [1.54, 1.807) is 0 Å². The van der Waals surface area contributed by atoms with Crippen molar-refractivity contribution in [3.05, 3.63) is 0 Å². The van der Waals surface area contributed by atoms with Crippen molar-refractivity contribution >= 4 is 6.29 Å². The highest BCUT2D eigenvalue weighted by Gasteiger charge is 2.21. The molecule has 0 heterocycles. The third-order valence-electron chi connectivity index (χ3n) is 3.14. The second-order valence-corrected chi connectivity index (χ2v) is 4.78. The summed E-state index contributed by atoms with van der Waals surface area (Å²) in [6, 6.07) is 0.693. The highest BCUT2D eigenvalue weighted by Crippen LogP contribution is 2.23. The van der Waals surface area contributed by atoms with Crippen molar-refractivity contribution in [2.24, 2.45) is 5.92 Å². The van der Waals surface area contributed by atoms with E-state index in [4.69, 9.17) is 0 Å². The summed E-state index contributed by atoms with van der Waals surface area (Å²) >= 11 is 0. The molecule has 0 bridgehead atoms. The fourth-order valence-electron chi connectivity index (χ4n) is 2.21. The average Bonchev–Trinajstić information content (AvgIpc) is 2.64. The van der Waals surface area contributed by atoms with Gasteiger partial charge in [-0.25, -0.2) is 0 Å². The minimum atomic E-state index is 0.636. The summed E-state index contributed by atoms with van der Waals surface area (Å²) < 4.78 is 0. The normalized spacial score (nSPS) is 18.3. The molecule has 1 saturated carbocycles. The van der Waals surface area contributed by atoms with Crippen molar-refractivity contribution in [1.82, 2.24) is 4.90 Å². The molecule has 0 atom stereocenters. The highest BCUT2D eigenvalue weighted by atomic mass is 16.1. The van der Waals surface area contributed by atoms with Crippen LogP contribution in [-0.4, -0.2) is 30.3 Å². The zero-order valence-electron chi connectivity index (χ0n) is 9.54. The Bertz CT molecular complexity index is 162. The molecule has 0 aromatic carbocycles. The van der Waals surface area contributed by atoms with Gasteiger partial charge in [-0.1, -0.05) is 26.7 Å². The van der Waals surface area contributed by atoms with Gasteiger partial charge in [0.25, 0.3) is 0 Å². The number of nitrogens with zero attached hydrogens (tertiary/aromatic N) is 1. The van der Waals surface area contributed by atoms with E-state index >= 15 is 0 Å². The lowest BCUT2D eigenvalue weighted by Crippen LogP contribution is -2.36. The molecule has 14 heavy (non-hydrogen) atoms. The molecule has 0 aliphatic heterocycles. The van der Waals surface area contributed by atoms with Crippen LogP contribution in [0, 0.1) is 5.92 Å². The zero-order valence-corrected chi connectivity index (χ0v) is 9.54. The summed E-state index contributed by atoms with van der Waals surface area (Å²) in [4.78, 5) is 12.9. The van der Waals surface area contributed by atoms with Gasteiger partial charge in [0.05, 0.1) is 6.54 Å². The van der Waals surface area contributed by atoms with Crippen LogP contribution in [-0.2, 0) is 4.79 Å². The number of carbonyl (C=O) groups is 1. The molecule has 1 fully saturated rings. The molecule has 1 aliphatic carbocycles. The topological polar surface area (TPSA) is 20.3 Å². The van der Waals surface area contributed by atoms with Crippen LogP contribution in [0.4, 0.5) is 0 Å². The monoisotopic (exact) mass is 197 g/mol. The van der Waals surface area contributed by atoms with E-state index < -0.39 is 0 Å². The van der Waals surface area contributed by atoms with E-state index in [2.05, 4.69) is 18.7 Å². The standard InChI is InChI=1S/C12H23NO/c1-11(2)7-8-13(9-10-14)12-5-3-4-6-12/h10-12H,3-9H2,1-2H3. The molecule has 0 aromatic rings. The number of aldehydes is 1. The molecule has 1 rings (SSSR count). The highest BCUT2D eigenvalue weighted by molar-refractivity contribution is 5.52. The van der Waals surface area contributed by atoms with Crippen molar-refractivity contribution in [1.29, 1.82) is 0 Å². The van der Waals surface area contributed by atoms with Gasteiger partial charge < -0.3 is 4.79 Å². The Labute approximate surface area is 87.7 Å². The minimum absolute atomic E-state index is 0.636. The van der Waals surface area contributed by atoms with Gasteiger partial charge in [0.15, 0.2) is 0 Å². The average molecular weight is 197 g/mol. The van der Waals surface area contributed by atoms with Crippen LogP contribution in [0.25, 0.3) is 0 Å². The Morgan fingerprint density at radius 3 is 2.50 bits per heavy atom. The third-order valence-corrected chi connectivity index (χ3v) is 3.14. The lowest BCUT2D eigenvalue weighted by molar-refractivity contribution is -0.109. The van der Waals surface area contributed by atoms with Gasteiger partial charge in [0, 0.05) is 6.04 Å². The minimum Gasteiger partial charge on any atom is -0.302 e. The quantitative estimate of drug-likeness (QED) is 0.610. The van der Waals surface area contributed by atoms with Crippen molar-refractivity contribution in [3.8, 4) is 0 Å². The summed E-state index contributed by atoms with van der Waals surface area (Å²) in [6.45, 7) is 6.22. The van der Waals surface area contributed by atoms with Crippen molar-refractivity contribution in [3.63, 3.8) is 0 Å². The Hall–Kier alpha value is -0.370. The molecule has 0 aromatic heterocycles. The maximum absolute atomic E-state index is 10.6. The second kappa shape index (κ2) is 6.18. The molecule has 0 spiro atoms. The van der Waals surface area contributed by atoms with E-state index in [1.165, 1.54) is 32.1 Å². The Morgan fingerprint density at radius 1 is 1.36 bits per heavy atom. The first-order valence-electron chi connectivity index (χ1n) is 5.91. The fraction of sp³-hybridized carbons (Fsp3) is 0.917. The van der Waals surface area contributed by atoms with Crippen molar-refractivity contribution in [2.75, 3.05) is 13.1 Å². The van der Waals surface area contributed by atoms with Gasteiger partial charge in [-0.05, 0) is 31.7 Å². The van der Waals surface area contributed by atoms with E-state index in [9.17, 15) is 4.79 Å². The molecule has 0 N–H and O–H groups in total. The second-order valence-electron chi connectivity index (χ2n) is 4.78. The Balaban J connectivity index is 2.33. The maximum atomic E-state index is 10.6. The SMILES string of the molecule is CC(C)CCN(CC=O)C1CCCC1. The predicted octanol–water partition coefficient (Wildman–Crippen LogP) is 2.48. The summed E-state index contributed by atoms with van der Waals surface area (Å²) in [5.74, 6) is 0.741. The predicted molar refractivity (Wildman–Crippen MR) is 59.3 cm³/mol. The molecule has 2 nitrogen and oxygen atoms in total. The fourth-order valence-corrected chi connectivity index (χ4v) is 2.21. The van der Waals surface area contributed by atoms with Crippen molar-refractivity contribution in [2.45, 2.75) is 52.0 Å². The Morgan fingerprint density at radius 2 is 2.00 bits per heavy atom. The number of hydrogen-bond acceptors (Lipinski definition) is 2. The van der Waals surface area contributed by atoms with Gasteiger partial charge in [-0.2, -0.15) is 0 Å². The Kier molecular flexibility index (Phi) is 5.16. The maximum Gasteiger partial charge on any atom is 0.133 e. The van der Waals surface area contributed by atoms with Crippen LogP contribution < -0.4 is 0 Å². The first-order valence-corrected chi connectivity index (χ1v) is 5.91. The van der Waals surface area contributed by atoms with Crippen LogP contribution >= 0.6 is 0 Å². The van der Waals surface area contributed by atoms with Crippen LogP contribution in [0.1, 0.15) is 46.0 Å².